The van der Waals surface area contributed by atoms with Crippen LogP contribution in [0.5, 0.6) is 0 Å². The molecule has 1 aromatic heterocycles. The summed E-state index contributed by atoms with van der Waals surface area (Å²) in [6.07, 6.45) is 5.19. The van der Waals surface area contributed by atoms with Crippen molar-refractivity contribution in [2.24, 2.45) is 11.3 Å². The molecule has 1 saturated heterocycles. The Morgan fingerprint density at radius 3 is 2.77 bits per heavy atom. The molecule has 2 bridgehead atoms. The van der Waals surface area contributed by atoms with Crippen LogP contribution in [0.3, 0.4) is 0 Å². The van der Waals surface area contributed by atoms with E-state index in [1.165, 1.54) is 22.2 Å². The van der Waals surface area contributed by atoms with Crippen molar-refractivity contribution < 1.29 is 19.4 Å². The van der Waals surface area contributed by atoms with Crippen molar-refractivity contribution in [1.82, 2.24) is 4.98 Å². The van der Waals surface area contributed by atoms with Crippen molar-refractivity contribution in [3.8, 4) is 0 Å². The number of H-pyrrole nitrogens is 1. The van der Waals surface area contributed by atoms with Crippen LogP contribution in [0.25, 0.3) is 10.9 Å². The lowest BCUT2D eigenvalue weighted by Gasteiger charge is -2.61. The first kappa shape index (κ1) is 18.6. The van der Waals surface area contributed by atoms with Gasteiger partial charge < -0.3 is 19.6 Å². The number of ether oxygens (including phenoxy) is 2. The lowest BCUT2D eigenvalue weighted by Crippen LogP contribution is -2.64. The Morgan fingerprint density at radius 1 is 1.13 bits per heavy atom. The van der Waals surface area contributed by atoms with E-state index in [0.717, 1.165) is 19.3 Å². The summed E-state index contributed by atoms with van der Waals surface area (Å²) in [5.74, 6) is -0.301. The Hall–Kier alpha value is -1.95. The van der Waals surface area contributed by atoms with E-state index < -0.39 is 23.1 Å². The number of benzene rings is 1. The molecule has 3 fully saturated rings. The van der Waals surface area contributed by atoms with Crippen molar-refractivity contribution in [2.75, 3.05) is 0 Å². The van der Waals surface area contributed by atoms with Crippen LogP contribution in [0.2, 0.25) is 0 Å². The number of aromatic nitrogens is 1. The van der Waals surface area contributed by atoms with Crippen molar-refractivity contribution >= 4 is 16.7 Å². The normalized spacial score (nSPS) is 44.5. The summed E-state index contributed by atoms with van der Waals surface area (Å²) >= 11 is 0. The summed E-state index contributed by atoms with van der Waals surface area (Å²) in [4.78, 5) is 16.7. The molecule has 0 radical (unpaired) electrons. The van der Waals surface area contributed by atoms with Gasteiger partial charge in [0, 0.05) is 39.9 Å². The monoisotopic (exact) mass is 419 g/mol. The maximum Gasteiger partial charge on any atom is 0.195 e. The quantitative estimate of drug-likeness (QED) is 0.673. The molecule has 5 unspecified atom stereocenters. The van der Waals surface area contributed by atoms with E-state index in [-0.39, 0.29) is 17.1 Å². The third-order valence-corrected chi connectivity index (χ3v) is 9.35. The molecule has 6 atom stereocenters. The minimum absolute atomic E-state index is 0.0781. The first-order chi connectivity index (χ1) is 14.7. The molecule has 2 aliphatic heterocycles. The summed E-state index contributed by atoms with van der Waals surface area (Å²) in [6.45, 7) is 6.07. The molecule has 5 heteroatoms. The molecule has 0 amide bonds. The zero-order valence-electron chi connectivity index (χ0n) is 18.3. The second-order valence-electron chi connectivity index (χ2n) is 11.2. The van der Waals surface area contributed by atoms with Crippen LogP contribution in [0, 0.1) is 11.3 Å². The average molecular weight is 420 g/mol. The molecule has 2 N–H and O–H groups in total. The van der Waals surface area contributed by atoms with Gasteiger partial charge in [-0.15, -0.1) is 0 Å². The number of carbonyl (C=O) groups is 1. The Morgan fingerprint density at radius 2 is 1.94 bits per heavy atom. The molecule has 2 saturated carbocycles. The number of aromatic amines is 1. The van der Waals surface area contributed by atoms with Gasteiger partial charge >= 0.3 is 0 Å². The number of para-hydroxylation sites is 1. The molecule has 7 rings (SSSR count). The zero-order valence-corrected chi connectivity index (χ0v) is 18.3. The first-order valence-electron chi connectivity index (χ1n) is 11.6. The average Bonchev–Trinajstić information content (AvgIpc) is 3.33. The largest absolute Gasteiger partial charge is 0.385 e. The van der Waals surface area contributed by atoms with E-state index in [9.17, 15) is 9.90 Å². The number of ketones is 1. The first-order valence-corrected chi connectivity index (χ1v) is 11.6. The molecule has 5 aliphatic rings. The molecule has 1 spiro atoms. The smallest absolute Gasteiger partial charge is 0.195 e. The summed E-state index contributed by atoms with van der Waals surface area (Å²) < 4.78 is 12.7. The number of carbonyl (C=O) groups excluding carboxylic acids is 1. The molecule has 162 valence electrons. The van der Waals surface area contributed by atoms with Crippen LogP contribution in [-0.4, -0.2) is 39.0 Å². The number of aliphatic hydroxyl groups is 1. The lowest BCUT2D eigenvalue weighted by atomic mass is 9.48. The van der Waals surface area contributed by atoms with E-state index in [2.05, 4.69) is 36.2 Å². The summed E-state index contributed by atoms with van der Waals surface area (Å²) in [6, 6.07) is 8.52. The lowest BCUT2D eigenvalue weighted by molar-refractivity contribution is -0.236. The topological polar surface area (TPSA) is 71.5 Å². The summed E-state index contributed by atoms with van der Waals surface area (Å²) in [5.41, 5.74) is 2.36. The Kier molecular flexibility index (Phi) is 3.20. The van der Waals surface area contributed by atoms with Gasteiger partial charge in [0.2, 0.25) is 0 Å². The van der Waals surface area contributed by atoms with E-state index in [1.54, 1.807) is 6.08 Å². The second kappa shape index (κ2) is 5.33. The standard InChI is InChI=1S/C26H29NO4/c1-23(2)22-18(28)13-19-25(29)9-8-14-12-16-15-6-4-5-7-17(15)27-21(16)20(14)24(25,3)10-11-26(19,30-22)31-23/h4-7,13-14,20,22,27,29H,8-12H2,1-3H3/t14?,20?,22?,24?,25-,26?/m1/s1. The SMILES string of the molecule is CC1(C)OC23CCC4(C)C5c6[nH]c7ccccc7c6CC5CC[C@@]4(O)C2=CC(=O)C1O3. The molecular formula is C26H29NO4. The van der Waals surface area contributed by atoms with Crippen molar-refractivity contribution in [1.29, 1.82) is 0 Å². The van der Waals surface area contributed by atoms with Crippen LogP contribution in [-0.2, 0) is 20.7 Å². The maximum atomic E-state index is 13.0. The number of hydrogen-bond donors (Lipinski definition) is 2. The van der Waals surface area contributed by atoms with Crippen molar-refractivity contribution in [2.45, 2.75) is 81.9 Å². The van der Waals surface area contributed by atoms with Gasteiger partial charge in [0.15, 0.2) is 17.7 Å². The maximum absolute atomic E-state index is 13.0. The highest BCUT2D eigenvalue weighted by Crippen LogP contribution is 2.69. The van der Waals surface area contributed by atoms with Gasteiger partial charge in [0.05, 0.1) is 5.60 Å². The predicted molar refractivity (Wildman–Crippen MR) is 116 cm³/mol. The highest BCUT2D eigenvalue weighted by atomic mass is 16.8. The van der Waals surface area contributed by atoms with Gasteiger partial charge in [-0.25, -0.2) is 0 Å². The van der Waals surface area contributed by atoms with Gasteiger partial charge in [-0.1, -0.05) is 25.1 Å². The Balaban J connectivity index is 1.40. The predicted octanol–water partition coefficient (Wildman–Crippen LogP) is 4.15. The third kappa shape index (κ3) is 1.98. The number of hydrogen-bond acceptors (Lipinski definition) is 4. The highest BCUT2D eigenvalue weighted by molar-refractivity contribution is 5.97. The minimum atomic E-state index is -1.12. The summed E-state index contributed by atoms with van der Waals surface area (Å²) in [5, 5.41) is 13.7. The van der Waals surface area contributed by atoms with E-state index in [1.807, 2.05) is 13.8 Å². The number of nitrogens with one attached hydrogen (secondary N) is 1. The molecule has 2 aromatic rings. The third-order valence-electron chi connectivity index (χ3n) is 9.35. The molecule has 3 aliphatic carbocycles. The van der Waals surface area contributed by atoms with Gasteiger partial charge in [-0.05, 0) is 63.2 Å². The van der Waals surface area contributed by atoms with Gasteiger partial charge in [-0.2, -0.15) is 0 Å². The molecule has 31 heavy (non-hydrogen) atoms. The second-order valence-corrected chi connectivity index (χ2v) is 11.2. The van der Waals surface area contributed by atoms with Crippen LogP contribution in [0.15, 0.2) is 35.9 Å². The Bertz CT molecular complexity index is 1190. The fraction of sp³-hybridized carbons (Fsp3) is 0.577. The molecular weight excluding hydrogens is 390 g/mol. The highest BCUT2D eigenvalue weighted by Gasteiger charge is 2.72. The molecule has 1 aromatic carbocycles. The van der Waals surface area contributed by atoms with Gasteiger partial charge in [0.1, 0.15) is 5.60 Å². The van der Waals surface area contributed by atoms with Crippen molar-refractivity contribution in [3.63, 3.8) is 0 Å². The molecule has 3 heterocycles. The van der Waals surface area contributed by atoms with E-state index in [4.69, 9.17) is 9.47 Å². The van der Waals surface area contributed by atoms with Crippen LogP contribution < -0.4 is 0 Å². The molecule has 5 nitrogen and oxygen atoms in total. The minimum Gasteiger partial charge on any atom is -0.385 e. The van der Waals surface area contributed by atoms with Crippen LogP contribution >= 0.6 is 0 Å². The Labute approximate surface area is 181 Å². The van der Waals surface area contributed by atoms with Crippen LogP contribution in [0.4, 0.5) is 0 Å². The summed E-state index contributed by atoms with van der Waals surface area (Å²) in [7, 11) is 0. The zero-order chi connectivity index (χ0) is 21.4. The van der Waals surface area contributed by atoms with Crippen LogP contribution in [0.1, 0.15) is 63.6 Å². The van der Waals surface area contributed by atoms with Gasteiger partial charge in [-0.3, -0.25) is 4.79 Å². The number of fused-ring (bicyclic) bond motifs is 9. The van der Waals surface area contributed by atoms with E-state index in [0.29, 0.717) is 24.3 Å². The number of rotatable bonds is 0. The van der Waals surface area contributed by atoms with Gasteiger partial charge in [0.25, 0.3) is 0 Å². The fourth-order valence-corrected chi connectivity index (χ4v) is 7.96. The van der Waals surface area contributed by atoms with Crippen molar-refractivity contribution in [3.05, 3.63) is 47.2 Å². The fourth-order valence-electron chi connectivity index (χ4n) is 7.96. The van der Waals surface area contributed by atoms with E-state index >= 15 is 0 Å².